The molecule has 0 unspecified atom stereocenters. The van der Waals surface area contributed by atoms with Crippen molar-refractivity contribution in [1.82, 2.24) is 19.7 Å². The van der Waals surface area contributed by atoms with Crippen molar-refractivity contribution in [2.45, 2.75) is 19.5 Å². The number of hydrogen-bond acceptors (Lipinski definition) is 5. The highest BCUT2D eigenvalue weighted by atomic mass is 16.3. The number of amides is 1. The number of hydrogen-bond donors (Lipinski definition) is 0. The van der Waals surface area contributed by atoms with Gasteiger partial charge < -0.3 is 9.32 Å². The largest absolute Gasteiger partial charge is 0.467 e. The lowest BCUT2D eigenvalue weighted by Gasteiger charge is -2.28. The third-order valence-corrected chi connectivity index (χ3v) is 5.37. The lowest BCUT2D eigenvalue weighted by Crippen LogP contribution is -2.39. The maximum Gasteiger partial charge on any atom is 0.241 e. The quantitative estimate of drug-likeness (QED) is 0.434. The second kappa shape index (κ2) is 9.40. The van der Waals surface area contributed by atoms with Gasteiger partial charge in [-0.3, -0.25) is 9.69 Å². The molecule has 4 rings (SSSR count). The molecular weight excluding hydrogens is 390 g/mol. The molecule has 1 amide bonds. The maximum atomic E-state index is 13.2. The minimum absolute atomic E-state index is 0.0104. The molecule has 0 aliphatic rings. The number of para-hydroxylation sites is 1. The molecule has 7 nitrogen and oxygen atoms in total. The van der Waals surface area contributed by atoms with E-state index in [1.165, 1.54) is 6.33 Å². The van der Waals surface area contributed by atoms with Crippen molar-refractivity contribution < 1.29 is 9.21 Å². The Labute approximate surface area is 181 Å². The molecule has 7 heteroatoms. The first kappa shape index (κ1) is 20.6. The van der Waals surface area contributed by atoms with Crippen molar-refractivity contribution in [1.29, 1.82) is 0 Å². The number of likely N-dealkylation sites (N-methyl/N-ethyl adjacent to an activating group) is 1. The molecule has 0 fully saturated rings. The van der Waals surface area contributed by atoms with Crippen molar-refractivity contribution in [3.05, 3.63) is 97.0 Å². The van der Waals surface area contributed by atoms with Gasteiger partial charge in [0.05, 0.1) is 25.0 Å². The minimum atomic E-state index is 0.0104. The van der Waals surface area contributed by atoms with Crippen molar-refractivity contribution in [3.8, 4) is 5.69 Å². The number of furan rings is 1. The number of nitrogens with zero attached hydrogens (tertiary/aromatic N) is 5. The van der Waals surface area contributed by atoms with Gasteiger partial charge in [0.15, 0.2) is 0 Å². The van der Waals surface area contributed by atoms with E-state index >= 15 is 0 Å². The summed E-state index contributed by atoms with van der Waals surface area (Å²) in [6.45, 7) is 2.77. The SMILES string of the molecule is C[C@H](c1ccc(-n2cncn2)cc1)N(C)CC(=O)N(Cc1ccco1)c1ccccc1. The van der Waals surface area contributed by atoms with E-state index in [2.05, 4.69) is 29.1 Å². The lowest BCUT2D eigenvalue weighted by atomic mass is 10.1. The predicted molar refractivity (Wildman–Crippen MR) is 119 cm³/mol. The zero-order valence-electron chi connectivity index (χ0n) is 17.6. The normalized spacial score (nSPS) is 12.1. The third-order valence-electron chi connectivity index (χ3n) is 5.37. The molecule has 0 bridgehead atoms. The van der Waals surface area contributed by atoms with Crippen LogP contribution in [0.5, 0.6) is 0 Å². The number of carbonyl (C=O) groups excluding carboxylic acids is 1. The van der Waals surface area contributed by atoms with Crippen LogP contribution in [0.1, 0.15) is 24.3 Å². The van der Waals surface area contributed by atoms with Crippen LogP contribution < -0.4 is 4.90 Å². The van der Waals surface area contributed by atoms with Gasteiger partial charge in [-0.15, -0.1) is 0 Å². The van der Waals surface area contributed by atoms with Gasteiger partial charge in [-0.2, -0.15) is 5.10 Å². The zero-order valence-corrected chi connectivity index (χ0v) is 17.6. The van der Waals surface area contributed by atoms with Crippen LogP contribution in [-0.2, 0) is 11.3 Å². The Balaban J connectivity index is 1.46. The summed E-state index contributed by atoms with van der Waals surface area (Å²) in [6, 6.07) is 21.6. The molecule has 158 valence electrons. The van der Waals surface area contributed by atoms with Gasteiger partial charge in [0.25, 0.3) is 0 Å². The van der Waals surface area contributed by atoms with Crippen LogP contribution in [-0.4, -0.2) is 39.2 Å². The highest BCUT2D eigenvalue weighted by molar-refractivity contribution is 5.94. The van der Waals surface area contributed by atoms with Crippen LogP contribution in [0.3, 0.4) is 0 Å². The fourth-order valence-corrected chi connectivity index (χ4v) is 3.43. The van der Waals surface area contributed by atoms with E-state index in [-0.39, 0.29) is 18.5 Å². The Morgan fingerprint density at radius 3 is 2.48 bits per heavy atom. The van der Waals surface area contributed by atoms with Gasteiger partial charge in [0.2, 0.25) is 5.91 Å². The standard InChI is InChI=1S/C24H25N5O2/c1-19(20-10-12-22(13-11-20)29-18-25-17-26-29)27(2)16-24(30)28(15-23-9-6-14-31-23)21-7-4-3-5-8-21/h3-14,17-19H,15-16H2,1-2H3/t19-/m1/s1. The summed E-state index contributed by atoms with van der Waals surface area (Å²) in [5.41, 5.74) is 2.92. The highest BCUT2D eigenvalue weighted by Gasteiger charge is 2.21. The van der Waals surface area contributed by atoms with Gasteiger partial charge in [-0.1, -0.05) is 30.3 Å². The molecule has 0 N–H and O–H groups in total. The summed E-state index contributed by atoms with van der Waals surface area (Å²) >= 11 is 0. The van der Waals surface area contributed by atoms with Crippen molar-refractivity contribution in [2.75, 3.05) is 18.5 Å². The number of aromatic nitrogens is 3. The van der Waals surface area contributed by atoms with E-state index in [0.29, 0.717) is 6.54 Å². The second-order valence-electron chi connectivity index (χ2n) is 7.42. The van der Waals surface area contributed by atoms with E-state index in [1.54, 1.807) is 22.2 Å². The summed E-state index contributed by atoms with van der Waals surface area (Å²) in [5.74, 6) is 0.757. The summed E-state index contributed by atoms with van der Waals surface area (Å²) in [6.07, 6.45) is 4.80. The first-order valence-electron chi connectivity index (χ1n) is 10.1. The number of carbonyl (C=O) groups is 1. The molecule has 2 heterocycles. The molecule has 0 saturated carbocycles. The van der Waals surface area contributed by atoms with Crippen molar-refractivity contribution in [2.24, 2.45) is 0 Å². The van der Waals surface area contributed by atoms with Crippen LogP contribution in [0.15, 0.2) is 90.1 Å². The Hall–Kier alpha value is -3.71. The second-order valence-corrected chi connectivity index (χ2v) is 7.42. The average Bonchev–Trinajstić information content (AvgIpc) is 3.52. The molecule has 2 aromatic carbocycles. The predicted octanol–water partition coefficient (Wildman–Crippen LogP) is 4.09. The summed E-state index contributed by atoms with van der Waals surface area (Å²) in [5, 5.41) is 4.15. The number of anilines is 1. The van der Waals surface area contributed by atoms with Crippen molar-refractivity contribution in [3.63, 3.8) is 0 Å². The van der Waals surface area contributed by atoms with Gasteiger partial charge in [0, 0.05) is 11.7 Å². The summed E-state index contributed by atoms with van der Waals surface area (Å²) in [4.78, 5) is 21.0. The first-order valence-corrected chi connectivity index (χ1v) is 10.1. The highest BCUT2D eigenvalue weighted by Crippen LogP contribution is 2.22. The Morgan fingerprint density at radius 2 is 1.84 bits per heavy atom. The topological polar surface area (TPSA) is 67.4 Å². The van der Waals surface area contributed by atoms with Crippen LogP contribution in [0.2, 0.25) is 0 Å². The zero-order chi connectivity index (χ0) is 21.6. The molecule has 0 spiro atoms. The summed E-state index contributed by atoms with van der Waals surface area (Å²) < 4.78 is 7.20. The first-order chi connectivity index (χ1) is 15.1. The molecule has 2 aromatic heterocycles. The van der Waals surface area contributed by atoms with E-state index < -0.39 is 0 Å². The number of rotatable bonds is 8. The van der Waals surface area contributed by atoms with Crippen LogP contribution in [0.25, 0.3) is 5.69 Å². The van der Waals surface area contributed by atoms with Gasteiger partial charge >= 0.3 is 0 Å². The molecule has 1 atom stereocenters. The fraction of sp³-hybridized carbons (Fsp3) is 0.208. The maximum absolute atomic E-state index is 13.2. The van der Waals surface area contributed by atoms with Gasteiger partial charge in [0.1, 0.15) is 18.4 Å². The van der Waals surface area contributed by atoms with Crippen molar-refractivity contribution >= 4 is 11.6 Å². The van der Waals surface area contributed by atoms with Gasteiger partial charge in [-0.05, 0) is 55.9 Å². The van der Waals surface area contributed by atoms with E-state index in [9.17, 15) is 4.79 Å². The van der Waals surface area contributed by atoms with Crippen LogP contribution >= 0.6 is 0 Å². The summed E-state index contributed by atoms with van der Waals surface area (Å²) in [7, 11) is 1.96. The monoisotopic (exact) mass is 415 g/mol. The van der Waals surface area contributed by atoms with E-state index in [1.807, 2.05) is 66.5 Å². The fourth-order valence-electron chi connectivity index (χ4n) is 3.43. The molecule has 31 heavy (non-hydrogen) atoms. The Kier molecular flexibility index (Phi) is 6.24. The Bertz CT molecular complexity index is 1080. The molecule has 0 radical (unpaired) electrons. The Morgan fingerprint density at radius 1 is 1.06 bits per heavy atom. The molecule has 4 aromatic rings. The minimum Gasteiger partial charge on any atom is -0.467 e. The number of benzene rings is 2. The lowest BCUT2D eigenvalue weighted by molar-refractivity contribution is -0.120. The van der Waals surface area contributed by atoms with Gasteiger partial charge in [-0.25, -0.2) is 9.67 Å². The smallest absolute Gasteiger partial charge is 0.241 e. The average molecular weight is 415 g/mol. The molecular formula is C24H25N5O2. The third kappa shape index (κ3) is 4.90. The molecule has 0 saturated heterocycles. The molecule has 0 aliphatic heterocycles. The van der Waals surface area contributed by atoms with Crippen LogP contribution in [0, 0.1) is 0 Å². The molecule has 0 aliphatic carbocycles. The van der Waals surface area contributed by atoms with E-state index in [0.717, 1.165) is 22.7 Å². The van der Waals surface area contributed by atoms with E-state index in [4.69, 9.17) is 4.42 Å². The van der Waals surface area contributed by atoms with Crippen LogP contribution in [0.4, 0.5) is 5.69 Å².